The van der Waals surface area contributed by atoms with Crippen molar-refractivity contribution in [2.24, 2.45) is 4.99 Å². The van der Waals surface area contributed by atoms with E-state index in [0.717, 1.165) is 0 Å². The van der Waals surface area contributed by atoms with Gasteiger partial charge in [0.15, 0.2) is 16.3 Å². The Hall–Kier alpha value is -4.51. The monoisotopic (exact) mass is 550 g/mol. The molecular weight excluding hydrogens is 524 g/mol. The Kier molecular flexibility index (Phi) is 8.10. The maximum Gasteiger partial charge on any atom is 0.338 e. The number of ether oxygens (including phenoxy) is 4. The van der Waals surface area contributed by atoms with Gasteiger partial charge in [0, 0.05) is 13.8 Å². The van der Waals surface area contributed by atoms with E-state index in [2.05, 4.69) is 4.99 Å². The van der Waals surface area contributed by atoms with Gasteiger partial charge in [-0.05, 0) is 55.3 Å². The first kappa shape index (κ1) is 27.5. The fraction of sp³-hybridized carbons (Fsp3) is 0.250. The molecular formula is C28H26N2O8S. The molecule has 0 unspecified atom stereocenters. The Morgan fingerprint density at radius 2 is 1.72 bits per heavy atom. The lowest BCUT2D eigenvalue weighted by Gasteiger charge is -2.24. The normalized spacial score (nSPS) is 14.8. The number of benzene rings is 2. The molecule has 0 spiro atoms. The maximum atomic E-state index is 13.7. The second-order valence-corrected chi connectivity index (χ2v) is 9.48. The van der Waals surface area contributed by atoms with E-state index in [-0.39, 0.29) is 16.9 Å². The van der Waals surface area contributed by atoms with Gasteiger partial charge in [-0.1, -0.05) is 29.5 Å². The summed E-state index contributed by atoms with van der Waals surface area (Å²) in [5.74, 6) is -0.574. The van der Waals surface area contributed by atoms with Crippen LogP contribution >= 0.6 is 11.3 Å². The predicted octanol–water partition coefficient (Wildman–Crippen LogP) is 2.66. The summed E-state index contributed by atoms with van der Waals surface area (Å²) in [6.45, 7) is 6.45. The van der Waals surface area contributed by atoms with Crippen molar-refractivity contribution >= 4 is 35.3 Å². The van der Waals surface area contributed by atoms with Crippen molar-refractivity contribution in [1.29, 1.82) is 0 Å². The first-order chi connectivity index (χ1) is 18.6. The molecule has 0 aliphatic carbocycles. The minimum Gasteiger partial charge on any atom is -0.490 e. The largest absolute Gasteiger partial charge is 0.490 e. The van der Waals surface area contributed by atoms with Crippen LogP contribution in [0.15, 0.2) is 63.5 Å². The number of allylic oxidation sites excluding steroid dienone is 1. The topological polar surface area (TPSA) is 122 Å². The SMILES string of the molecule is CCOc1cc(/C=c2/sc3n(c2=O)[C@@H](c2ccc(OC(C)=O)cc2)C(C(=O)OC)=C(C)N=3)ccc1OC(C)=O. The van der Waals surface area contributed by atoms with E-state index in [1.54, 1.807) is 55.5 Å². The summed E-state index contributed by atoms with van der Waals surface area (Å²) in [5, 5.41) is 0. The molecule has 11 heteroatoms. The third-order valence-corrected chi connectivity index (χ3v) is 6.69. The Balaban J connectivity index is 1.86. The average Bonchev–Trinajstić information content (AvgIpc) is 3.18. The highest BCUT2D eigenvalue weighted by atomic mass is 32.1. The van der Waals surface area contributed by atoms with E-state index in [4.69, 9.17) is 18.9 Å². The van der Waals surface area contributed by atoms with Crippen LogP contribution < -0.4 is 29.1 Å². The number of aromatic nitrogens is 1. The number of hydrogen-bond acceptors (Lipinski definition) is 10. The minimum absolute atomic E-state index is 0.223. The van der Waals surface area contributed by atoms with E-state index < -0.39 is 23.9 Å². The van der Waals surface area contributed by atoms with E-state index in [9.17, 15) is 19.2 Å². The average molecular weight is 551 g/mol. The number of nitrogens with zero attached hydrogens (tertiary/aromatic N) is 2. The highest BCUT2D eigenvalue weighted by Crippen LogP contribution is 2.32. The summed E-state index contributed by atoms with van der Waals surface area (Å²) in [6.07, 6.45) is 1.68. The van der Waals surface area contributed by atoms with Crippen LogP contribution in [0, 0.1) is 0 Å². The lowest BCUT2D eigenvalue weighted by atomic mass is 9.96. The van der Waals surface area contributed by atoms with Gasteiger partial charge in [-0.2, -0.15) is 0 Å². The van der Waals surface area contributed by atoms with Gasteiger partial charge in [0.05, 0.1) is 35.6 Å². The van der Waals surface area contributed by atoms with Gasteiger partial charge < -0.3 is 18.9 Å². The molecule has 4 rings (SSSR count). The van der Waals surface area contributed by atoms with E-state index >= 15 is 0 Å². The van der Waals surface area contributed by atoms with Crippen molar-refractivity contribution in [1.82, 2.24) is 4.57 Å². The van der Waals surface area contributed by atoms with Crippen LogP contribution in [-0.4, -0.2) is 36.2 Å². The van der Waals surface area contributed by atoms with Crippen molar-refractivity contribution in [2.45, 2.75) is 33.7 Å². The van der Waals surface area contributed by atoms with Crippen LogP contribution in [0.2, 0.25) is 0 Å². The number of fused-ring (bicyclic) bond motifs is 1. The zero-order valence-electron chi connectivity index (χ0n) is 22.0. The third kappa shape index (κ3) is 5.83. The van der Waals surface area contributed by atoms with E-state index in [0.29, 0.717) is 44.3 Å². The second kappa shape index (κ2) is 11.5. The van der Waals surface area contributed by atoms with Crippen molar-refractivity contribution < 1.29 is 33.3 Å². The molecule has 0 N–H and O–H groups in total. The fourth-order valence-electron chi connectivity index (χ4n) is 4.17. The molecule has 202 valence electrons. The lowest BCUT2D eigenvalue weighted by molar-refractivity contribution is -0.136. The molecule has 3 aromatic rings. The van der Waals surface area contributed by atoms with Crippen LogP contribution in [0.25, 0.3) is 6.08 Å². The van der Waals surface area contributed by atoms with Gasteiger partial charge in [-0.3, -0.25) is 19.0 Å². The fourth-order valence-corrected chi connectivity index (χ4v) is 5.21. The van der Waals surface area contributed by atoms with Crippen LogP contribution in [0.1, 0.15) is 44.9 Å². The minimum atomic E-state index is -0.812. The van der Waals surface area contributed by atoms with Crippen LogP contribution in [0.5, 0.6) is 17.2 Å². The van der Waals surface area contributed by atoms with E-state index in [1.165, 1.54) is 36.9 Å². The quantitative estimate of drug-likeness (QED) is 0.325. The van der Waals surface area contributed by atoms with Gasteiger partial charge in [0.2, 0.25) is 0 Å². The molecule has 1 atom stereocenters. The molecule has 39 heavy (non-hydrogen) atoms. The Morgan fingerprint density at radius 3 is 2.33 bits per heavy atom. The number of thiazole rings is 1. The molecule has 2 aromatic carbocycles. The number of rotatable bonds is 7. The zero-order chi connectivity index (χ0) is 28.3. The molecule has 1 aliphatic rings. The highest BCUT2D eigenvalue weighted by molar-refractivity contribution is 7.07. The lowest BCUT2D eigenvalue weighted by Crippen LogP contribution is -2.39. The molecule has 0 fully saturated rings. The van der Waals surface area contributed by atoms with Gasteiger partial charge in [-0.25, -0.2) is 9.79 Å². The zero-order valence-corrected chi connectivity index (χ0v) is 22.8. The van der Waals surface area contributed by atoms with Gasteiger partial charge in [-0.15, -0.1) is 0 Å². The standard InChI is InChI=1S/C28H26N2O8S/c1-6-36-22-13-18(7-12-21(22)38-17(4)32)14-23-26(33)30-25(19-8-10-20(11-9-19)37-16(3)31)24(27(34)35-5)15(2)29-28(30)39-23/h7-14,25H,6H2,1-5H3/b23-14+/t25-/m0/s1. The number of carbonyl (C=O) groups excluding carboxylic acids is 3. The van der Waals surface area contributed by atoms with Crippen LogP contribution in [0.4, 0.5) is 0 Å². The summed E-state index contributed by atoms with van der Waals surface area (Å²) < 4.78 is 22.8. The Morgan fingerprint density at radius 1 is 1.03 bits per heavy atom. The smallest absolute Gasteiger partial charge is 0.338 e. The van der Waals surface area contributed by atoms with Crippen LogP contribution in [0.3, 0.4) is 0 Å². The Labute approximate surface area is 227 Å². The first-order valence-corrected chi connectivity index (χ1v) is 12.8. The molecule has 0 radical (unpaired) electrons. The molecule has 1 aromatic heterocycles. The van der Waals surface area contributed by atoms with E-state index in [1.807, 2.05) is 6.92 Å². The summed E-state index contributed by atoms with van der Waals surface area (Å²) in [7, 11) is 1.27. The summed E-state index contributed by atoms with van der Waals surface area (Å²) in [6, 6.07) is 10.7. The summed E-state index contributed by atoms with van der Waals surface area (Å²) in [4.78, 5) is 54.3. The van der Waals surface area contributed by atoms with Crippen molar-refractivity contribution in [2.75, 3.05) is 13.7 Å². The molecule has 2 heterocycles. The van der Waals surface area contributed by atoms with Crippen molar-refractivity contribution in [3.8, 4) is 17.2 Å². The van der Waals surface area contributed by atoms with Gasteiger partial charge in [0.1, 0.15) is 5.75 Å². The summed E-state index contributed by atoms with van der Waals surface area (Å²) >= 11 is 1.17. The van der Waals surface area contributed by atoms with Crippen molar-refractivity contribution in [3.63, 3.8) is 0 Å². The molecule has 0 saturated heterocycles. The number of methoxy groups -OCH3 is 1. The van der Waals surface area contributed by atoms with Gasteiger partial charge in [0.25, 0.3) is 5.56 Å². The molecule has 0 bridgehead atoms. The molecule has 0 saturated carbocycles. The predicted molar refractivity (Wildman–Crippen MR) is 142 cm³/mol. The van der Waals surface area contributed by atoms with Crippen LogP contribution in [-0.2, 0) is 19.1 Å². The summed E-state index contributed by atoms with van der Waals surface area (Å²) in [5.41, 5.74) is 1.54. The molecule has 1 aliphatic heterocycles. The first-order valence-electron chi connectivity index (χ1n) is 12.0. The number of hydrogen-bond donors (Lipinski definition) is 0. The second-order valence-electron chi connectivity index (χ2n) is 8.47. The number of esters is 3. The Bertz CT molecular complexity index is 1660. The third-order valence-electron chi connectivity index (χ3n) is 5.70. The number of carbonyl (C=O) groups is 3. The highest BCUT2D eigenvalue weighted by Gasteiger charge is 2.33. The molecule has 10 nitrogen and oxygen atoms in total. The molecule has 0 amide bonds. The van der Waals surface area contributed by atoms with Crippen molar-refractivity contribution in [3.05, 3.63) is 84.5 Å². The maximum absolute atomic E-state index is 13.7. The van der Waals surface area contributed by atoms with Gasteiger partial charge >= 0.3 is 17.9 Å².